The molecule has 1 unspecified atom stereocenters. The van der Waals surface area contributed by atoms with Crippen LogP contribution in [0.15, 0.2) is 16.8 Å². The molecule has 0 aliphatic rings. The van der Waals surface area contributed by atoms with Gasteiger partial charge in [-0.2, -0.15) is 11.3 Å². The van der Waals surface area contributed by atoms with Gasteiger partial charge in [0, 0.05) is 12.4 Å². The van der Waals surface area contributed by atoms with Crippen LogP contribution in [0.1, 0.15) is 31.7 Å². The molecule has 0 aliphatic carbocycles. The molecule has 1 N–H and O–H groups in total. The van der Waals surface area contributed by atoms with Gasteiger partial charge in [0.1, 0.15) is 0 Å². The van der Waals surface area contributed by atoms with Gasteiger partial charge in [-0.3, -0.25) is 0 Å². The van der Waals surface area contributed by atoms with Crippen LogP contribution >= 0.6 is 22.9 Å². The maximum Gasteiger partial charge on any atom is 0.0226 e. The van der Waals surface area contributed by atoms with E-state index in [2.05, 4.69) is 29.1 Å². The minimum absolute atomic E-state index is 0.742. The van der Waals surface area contributed by atoms with Crippen molar-refractivity contribution in [2.24, 2.45) is 5.92 Å². The van der Waals surface area contributed by atoms with Gasteiger partial charge in [-0.05, 0) is 47.7 Å². The fraction of sp³-hybridized carbons (Fsp3) is 0.667. The van der Waals surface area contributed by atoms with Crippen molar-refractivity contribution in [3.8, 4) is 0 Å². The normalized spacial score (nSPS) is 12.9. The second-order valence-electron chi connectivity index (χ2n) is 3.89. The Morgan fingerprint density at radius 1 is 1.47 bits per heavy atom. The van der Waals surface area contributed by atoms with Gasteiger partial charge in [0.05, 0.1) is 0 Å². The van der Waals surface area contributed by atoms with Gasteiger partial charge in [0.25, 0.3) is 0 Å². The molecule has 1 heterocycles. The van der Waals surface area contributed by atoms with E-state index in [4.69, 9.17) is 11.6 Å². The Labute approximate surface area is 102 Å². The van der Waals surface area contributed by atoms with E-state index in [1.807, 2.05) is 0 Å². The van der Waals surface area contributed by atoms with Crippen LogP contribution in [0.25, 0.3) is 0 Å². The zero-order valence-corrected chi connectivity index (χ0v) is 10.9. The highest BCUT2D eigenvalue weighted by molar-refractivity contribution is 7.07. The monoisotopic (exact) mass is 245 g/mol. The van der Waals surface area contributed by atoms with Crippen molar-refractivity contribution in [2.75, 3.05) is 12.4 Å². The van der Waals surface area contributed by atoms with Gasteiger partial charge >= 0.3 is 0 Å². The van der Waals surface area contributed by atoms with E-state index in [1.54, 1.807) is 11.3 Å². The summed E-state index contributed by atoms with van der Waals surface area (Å²) >= 11 is 7.54. The molecule has 1 rings (SSSR count). The van der Waals surface area contributed by atoms with Crippen molar-refractivity contribution < 1.29 is 0 Å². The molecule has 1 nitrogen and oxygen atoms in total. The first-order valence-electron chi connectivity index (χ1n) is 5.64. The first kappa shape index (κ1) is 13.0. The fourth-order valence-electron chi connectivity index (χ4n) is 1.72. The Bertz CT molecular complexity index is 230. The number of hydrogen-bond donors (Lipinski definition) is 1. The predicted molar refractivity (Wildman–Crippen MR) is 69.8 cm³/mol. The van der Waals surface area contributed by atoms with Gasteiger partial charge < -0.3 is 5.32 Å². The van der Waals surface area contributed by atoms with E-state index >= 15 is 0 Å². The lowest BCUT2D eigenvalue weighted by atomic mass is 10.0. The summed E-state index contributed by atoms with van der Waals surface area (Å²) in [5, 5.41) is 7.83. The molecule has 0 fully saturated rings. The second-order valence-corrected chi connectivity index (χ2v) is 5.05. The Kier molecular flexibility index (Phi) is 7.07. The van der Waals surface area contributed by atoms with Crippen molar-refractivity contribution in [1.29, 1.82) is 0 Å². The molecular formula is C12H20ClNS. The lowest BCUT2D eigenvalue weighted by Crippen LogP contribution is -2.22. The summed E-state index contributed by atoms with van der Waals surface area (Å²) in [6.45, 7) is 4.32. The summed E-state index contributed by atoms with van der Waals surface area (Å²) < 4.78 is 0. The van der Waals surface area contributed by atoms with E-state index in [0.29, 0.717) is 0 Å². The molecule has 0 aromatic carbocycles. The molecule has 86 valence electrons. The summed E-state index contributed by atoms with van der Waals surface area (Å²) in [5.74, 6) is 1.52. The largest absolute Gasteiger partial charge is 0.312 e. The van der Waals surface area contributed by atoms with E-state index in [0.717, 1.165) is 31.3 Å². The van der Waals surface area contributed by atoms with E-state index in [9.17, 15) is 0 Å². The number of nitrogens with one attached hydrogen (secondary N) is 1. The molecule has 0 amide bonds. The van der Waals surface area contributed by atoms with E-state index in [-0.39, 0.29) is 0 Å². The summed E-state index contributed by atoms with van der Waals surface area (Å²) in [4.78, 5) is 0. The van der Waals surface area contributed by atoms with Crippen LogP contribution in [0.3, 0.4) is 0 Å². The topological polar surface area (TPSA) is 12.0 Å². The lowest BCUT2D eigenvalue weighted by Gasteiger charge is -2.15. The van der Waals surface area contributed by atoms with Gasteiger partial charge in [-0.15, -0.1) is 11.6 Å². The number of alkyl halides is 1. The van der Waals surface area contributed by atoms with Gasteiger partial charge in [-0.25, -0.2) is 0 Å². The minimum Gasteiger partial charge on any atom is -0.312 e. The summed E-state index contributed by atoms with van der Waals surface area (Å²) in [5.41, 5.74) is 1.39. The Morgan fingerprint density at radius 3 is 2.93 bits per heavy atom. The molecule has 0 aliphatic heterocycles. The molecule has 0 saturated heterocycles. The highest BCUT2D eigenvalue weighted by Crippen LogP contribution is 2.11. The fourth-order valence-corrected chi connectivity index (χ4v) is 2.70. The van der Waals surface area contributed by atoms with Crippen LogP contribution < -0.4 is 5.32 Å². The minimum atomic E-state index is 0.742. The molecule has 15 heavy (non-hydrogen) atoms. The lowest BCUT2D eigenvalue weighted by molar-refractivity contribution is 0.430. The van der Waals surface area contributed by atoms with Crippen molar-refractivity contribution in [1.82, 2.24) is 5.32 Å². The van der Waals surface area contributed by atoms with Crippen molar-refractivity contribution in [2.45, 2.75) is 32.7 Å². The summed E-state index contributed by atoms with van der Waals surface area (Å²) in [6, 6.07) is 2.17. The zero-order chi connectivity index (χ0) is 10.9. The highest BCUT2D eigenvalue weighted by atomic mass is 35.5. The molecule has 1 atom stereocenters. The maximum absolute atomic E-state index is 5.78. The summed E-state index contributed by atoms with van der Waals surface area (Å²) in [6.07, 6.45) is 3.66. The molecule has 3 heteroatoms. The molecule has 0 saturated carbocycles. The third-order valence-corrected chi connectivity index (χ3v) is 3.51. The first-order chi connectivity index (χ1) is 7.36. The Morgan fingerprint density at radius 2 is 2.33 bits per heavy atom. The molecule has 0 radical (unpaired) electrons. The van der Waals surface area contributed by atoms with Crippen molar-refractivity contribution in [3.05, 3.63) is 22.4 Å². The van der Waals surface area contributed by atoms with Gasteiger partial charge in [0.2, 0.25) is 0 Å². The third kappa shape index (κ3) is 5.55. The third-order valence-electron chi connectivity index (χ3n) is 2.56. The van der Waals surface area contributed by atoms with Crippen LogP contribution in [-0.4, -0.2) is 12.4 Å². The van der Waals surface area contributed by atoms with Gasteiger partial charge in [0.15, 0.2) is 0 Å². The highest BCUT2D eigenvalue weighted by Gasteiger charge is 2.06. The van der Waals surface area contributed by atoms with Crippen molar-refractivity contribution >= 4 is 22.9 Å². The average molecular weight is 246 g/mol. The molecular weight excluding hydrogens is 226 g/mol. The number of hydrogen-bond acceptors (Lipinski definition) is 2. The van der Waals surface area contributed by atoms with Crippen LogP contribution in [0.4, 0.5) is 0 Å². The molecule has 1 aromatic heterocycles. The van der Waals surface area contributed by atoms with Crippen LogP contribution in [-0.2, 0) is 6.54 Å². The van der Waals surface area contributed by atoms with Crippen LogP contribution in [0.2, 0.25) is 0 Å². The molecule has 0 bridgehead atoms. The average Bonchev–Trinajstić information content (AvgIpc) is 2.71. The van der Waals surface area contributed by atoms with Gasteiger partial charge in [-0.1, -0.05) is 13.3 Å². The summed E-state index contributed by atoms with van der Waals surface area (Å²) in [7, 11) is 0. The maximum atomic E-state index is 5.78. The molecule has 0 spiro atoms. The SMILES string of the molecule is CCCC(CCCl)CNCc1ccsc1. The number of rotatable bonds is 8. The van der Waals surface area contributed by atoms with Crippen LogP contribution in [0, 0.1) is 5.92 Å². The standard InChI is InChI=1S/C12H20ClNS/c1-2-3-11(4-6-13)8-14-9-12-5-7-15-10-12/h5,7,10-11,14H,2-4,6,8-9H2,1H3. The predicted octanol–water partition coefficient (Wildman–Crippen LogP) is 3.88. The van der Waals surface area contributed by atoms with E-state index in [1.165, 1.54) is 18.4 Å². The number of halogens is 1. The Hall–Kier alpha value is -0.0500. The molecule has 1 aromatic rings. The second kappa shape index (κ2) is 8.14. The first-order valence-corrected chi connectivity index (χ1v) is 7.12. The van der Waals surface area contributed by atoms with E-state index < -0.39 is 0 Å². The zero-order valence-electron chi connectivity index (χ0n) is 9.34. The van der Waals surface area contributed by atoms with Crippen LogP contribution in [0.5, 0.6) is 0 Å². The van der Waals surface area contributed by atoms with Crippen molar-refractivity contribution in [3.63, 3.8) is 0 Å². The smallest absolute Gasteiger partial charge is 0.0226 e. The quantitative estimate of drug-likeness (QED) is 0.686. The Balaban J connectivity index is 2.15. The number of thiophene rings is 1.